The molecular weight excluding hydrogens is 271 g/mol. The van der Waals surface area contributed by atoms with Gasteiger partial charge in [0.15, 0.2) is 0 Å². The molecule has 1 N–H and O–H groups in total. The highest BCUT2D eigenvalue weighted by molar-refractivity contribution is 6.31. The quantitative estimate of drug-likeness (QED) is 0.864. The molecule has 0 saturated carbocycles. The molecule has 1 saturated heterocycles. The lowest BCUT2D eigenvalue weighted by atomic mass is 10.2. The lowest BCUT2D eigenvalue weighted by Crippen LogP contribution is -2.35. The summed E-state index contributed by atoms with van der Waals surface area (Å²) >= 11 is 5.67. The van der Waals surface area contributed by atoms with Crippen molar-refractivity contribution in [3.05, 3.63) is 29.0 Å². The second kappa shape index (κ2) is 5.57. The number of halogens is 2. The van der Waals surface area contributed by atoms with Gasteiger partial charge in [0.25, 0.3) is 5.91 Å². The molecule has 2 amide bonds. The van der Waals surface area contributed by atoms with Gasteiger partial charge in [-0.05, 0) is 24.6 Å². The van der Waals surface area contributed by atoms with Gasteiger partial charge >= 0.3 is 0 Å². The van der Waals surface area contributed by atoms with Gasteiger partial charge in [-0.15, -0.1) is 0 Å². The molecule has 1 aliphatic heterocycles. The fourth-order valence-corrected chi connectivity index (χ4v) is 2.22. The Labute approximate surface area is 115 Å². The summed E-state index contributed by atoms with van der Waals surface area (Å²) in [5.41, 5.74) is 0.524. The highest BCUT2D eigenvalue weighted by Crippen LogP contribution is 2.23. The molecule has 2 rings (SSSR count). The van der Waals surface area contributed by atoms with E-state index < -0.39 is 11.9 Å². The summed E-state index contributed by atoms with van der Waals surface area (Å²) in [7, 11) is 0. The molecule has 19 heavy (non-hydrogen) atoms. The van der Waals surface area contributed by atoms with Crippen LogP contribution in [-0.2, 0) is 9.59 Å². The Balaban J connectivity index is 2.09. The van der Waals surface area contributed by atoms with E-state index in [1.54, 1.807) is 0 Å². The molecule has 1 unspecified atom stereocenters. The van der Waals surface area contributed by atoms with Crippen LogP contribution in [0, 0.1) is 5.82 Å². The number of nitrogens with one attached hydrogen (secondary N) is 1. The normalized spacial score (nSPS) is 19.1. The average Bonchev–Trinajstić information content (AvgIpc) is 2.62. The number of hydrogen-bond donors (Lipinski definition) is 1. The number of benzene rings is 1. The van der Waals surface area contributed by atoms with E-state index in [1.165, 1.54) is 23.1 Å². The molecule has 1 aliphatic rings. The molecule has 0 bridgehead atoms. The van der Waals surface area contributed by atoms with Gasteiger partial charge in [0, 0.05) is 12.2 Å². The maximum atomic E-state index is 13.0. The summed E-state index contributed by atoms with van der Waals surface area (Å²) in [4.78, 5) is 24.9. The van der Waals surface area contributed by atoms with Gasteiger partial charge in [-0.1, -0.05) is 18.5 Å². The fraction of sp³-hybridized carbons (Fsp3) is 0.385. The highest BCUT2D eigenvalue weighted by atomic mass is 35.5. The van der Waals surface area contributed by atoms with Crippen LogP contribution in [0.3, 0.4) is 0 Å². The maximum Gasteiger partial charge on any atom is 0.252 e. The number of carbonyl (C=O) groups is 2. The minimum Gasteiger partial charge on any atom is -0.373 e. The van der Waals surface area contributed by atoms with Crippen LogP contribution in [-0.4, -0.2) is 29.3 Å². The number of rotatable bonds is 4. The molecule has 0 spiro atoms. The Morgan fingerprint density at radius 2 is 2.21 bits per heavy atom. The number of anilines is 1. The zero-order valence-electron chi connectivity index (χ0n) is 10.5. The lowest BCUT2D eigenvalue weighted by molar-refractivity contribution is -0.138. The van der Waals surface area contributed by atoms with Crippen LogP contribution in [0.2, 0.25) is 5.02 Å². The van der Waals surface area contributed by atoms with Gasteiger partial charge in [-0.3, -0.25) is 14.5 Å². The van der Waals surface area contributed by atoms with Crippen LogP contribution < -0.4 is 5.32 Å². The van der Waals surface area contributed by atoms with Gasteiger partial charge in [-0.25, -0.2) is 4.39 Å². The number of amides is 2. The van der Waals surface area contributed by atoms with Gasteiger partial charge < -0.3 is 5.32 Å². The van der Waals surface area contributed by atoms with Crippen LogP contribution in [0.5, 0.6) is 0 Å². The van der Waals surface area contributed by atoms with Crippen molar-refractivity contribution >= 4 is 29.1 Å². The van der Waals surface area contributed by atoms with Crippen LogP contribution in [0.15, 0.2) is 18.2 Å². The first-order valence-electron chi connectivity index (χ1n) is 6.08. The highest BCUT2D eigenvalue weighted by Gasteiger charge is 2.37. The molecule has 102 valence electrons. The molecule has 0 aliphatic carbocycles. The second-order valence-corrected chi connectivity index (χ2v) is 4.82. The summed E-state index contributed by atoms with van der Waals surface area (Å²) in [6.45, 7) is 2.33. The van der Waals surface area contributed by atoms with Crippen molar-refractivity contribution in [1.29, 1.82) is 0 Å². The standard InChI is InChI=1S/C13H14ClFN2O2/c1-2-5-17-12(18)7-11(13(17)19)16-8-3-4-10(15)9(14)6-8/h3-4,6,11,16H,2,5,7H2,1H3. The summed E-state index contributed by atoms with van der Waals surface area (Å²) in [5, 5.41) is 2.89. The molecule has 1 aromatic carbocycles. The lowest BCUT2D eigenvalue weighted by Gasteiger charge is -2.15. The Morgan fingerprint density at radius 1 is 1.47 bits per heavy atom. The molecule has 1 heterocycles. The first-order chi connectivity index (χ1) is 9.02. The van der Waals surface area contributed by atoms with Crippen molar-refractivity contribution in [2.45, 2.75) is 25.8 Å². The van der Waals surface area contributed by atoms with Gasteiger partial charge in [0.05, 0.1) is 11.4 Å². The van der Waals surface area contributed by atoms with Gasteiger partial charge in [0.1, 0.15) is 11.9 Å². The van der Waals surface area contributed by atoms with E-state index in [4.69, 9.17) is 11.6 Å². The molecule has 1 fully saturated rings. The van der Waals surface area contributed by atoms with E-state index in [-0.39, 0.29) is 23.3 Å². The van der Waals surface area contributed by atoms with E-state index in [0.29, 0.717) is 12.2 Å². The minimum absolute atomic E-state index is 0.0211. The Bertz CT molecular complexity index is 521. The molecular formula is C13H14ClFN2O2. The number of carbonyl (C=O) groups excluding carboxylic acids is 2. The third-order valence-electron chi connectivity index (χ3n) is 2.95. The first-order valence-corrected chi connectivity index (χ1v) is 6.46. The topological polar surface area (TPSA) is 49.4 Å². The third-order valence-corrected chi connectivity index (χ3v) is 3.24. The smallest absolute Gasteiger partial charge is 0.252 e. The maximum absolute atomic E-state index is 13.0. The fourth-order valence-electron chi connectivity index (χ4n) is 2.04. The van der Waals surface area contributed by atoms with Crippen molar-refractivity contribution in [1.82, 2.24) is 4.90 Å². The van der Waals surface area contributed by atoms with E-state index in [0.717, 1.165) is 6.42 Å². The van der Waals surface area contributed by atoms with E-state index >= 15 is 0 Å². The van der Waals surface area contributed by atoms with Crippen LogP contribution in [0.1, 0.15) is 19.8 Å². The monoisotopic (exact) mass is 284 g/mol. The molecule has 6 heteroatoms. The SMILES string of the molecule is CCCN1C(=O)CC(Nc2ccc(F)c(Cl)c2)C1=O. The predicted molar refractivity (Wildman–Crippen MR) is 70.4 cm³/mol. The van der Waals surface area contributed by atoms with Crippen LogP contribution >= 0.6 is 11.6 Å². The van der Waals surface area contributed by atoms with Crippen molar-refractivity contribution < 1.29 is 14.0 Å². The third kappa shape index (κ3) is 2.87. The number of likely N-dealkylation sites (tertiary alicyclic amines) is 1. The molecule has 1 atom stereocenters. The Kier molecular flexibility index (Phi) is 4.04. The van der Waals surface area contributed by atoms with E-state index in [1.807, 2.05) is 6.92 Å². The van der Waals surface area contributed by atoms with Crippen molar-refractivity contribution in [3.8, 4) is 0 Å². The summed E-state index contributed by atoms with van der Waals surface area (Å²) in [6.07, 6.45) is 0.848. The predicted octanol–water partition coefficient (Wildman–Crippen LogP) is 2.43. The average molecular weight is 285 g/mol. The molecule has 1 aromatic rings. The summed E-state index contributed by atoms with van der Waals surface area (Å²) in [5.74, 6) is -0.946. The number of hydrogen-bond acceptors (Lipinski definition) is 3. The first kappa shape index (κ1) is 13.8. The van der Waals surface area contributed by atoms with E-state index in [2.05, 4.69) is 5.32 Å². The van der Waals surface area contributed by atoms with Crippen molar-refractivity contribution in [2.24, 2.45) is 0 Å². The van der Waals surface area contributed by atoms with Gasteiger partial charge in [-0.2, -0.15) is 0 Å². The zero-order chi connectivity index (χ0) is 14.0. The minimum atomic E-state index is -0.597. The van der Waals surface area contributed by atoms with E-state index in [9.17, 15) is 14.0 Å². The zero-order valence-corrected chi connectivity index (χ0v) is 11.2. The largest absolute Gasteiger partial charge is 0.373 e. The van der Waals surface area contributed by atoms with Crippen molar-refractivity contribution in [3.63, 3.8) is 0 Å². The second-order valence-electron chi connectivity index (χ2n) is 4.41. The molecule has 0 aromatic heterocycles. The Morgan fingerprint density at radius 3 is 2.84 bits per heavy atom. The summed E-state index contributed by atoms with van der Waals surface area (Å²) in [6, 6.07) is 3.51. The Hall–Kier alpha value is -1.62. The van der Waals surface area contributed by atoms with Crippen LogP contribution in [0.25, 0.3) is 0 Å². The van der Waals surface area contributed by atoms with Gasteiger partial charge in [0.2, 0.25) is 5.91 Å². The summed E-state index contributed by atoms with van der Waals surface area (Å²) < 4.78 is 13.0. The number of nitrogens with zero attached hydrogens (tertiary/aromatic N) is 1. The van der Waals surface area contributed by atoms with Crippen molar-refractivity contribution in [2.75, 3.05) is 11.9 Å². The van der Waals surface area contributed by atoms with Crippen LogP contribution in [0.4, 0.5) is 10.1 Å². The molecule has 0 radical (unpaired) electrons. The molecule has 4 nitrogen and oxygen atoms in total. The number of imide groups is 1.